The maximum absolute atomic E-state index is 10.5. The molecule has 76 valence electrons. The van der Waals surface area contributed by atoms with E-state index in [9.17, 15) is 14.9 Å². The van der Waals surface area contributed by atoms with Crippen LogP contribution in [0.1, 0.15) is 13.3 Å². The summed E-state index contributed by atoms with van der Waals surface area (Å²) in [5.74, 6) is -0.472. The molecule has 0 saturated carbocycles. The molecule has 7 nitrogen and oxygen atoms in total. The molecule has 1 unspecified atom stereocenters. The quantitative estimate of drug-likeness (QED) is 0.347. The van der Waals surface area contributed by atoms with Crippen LogP contribution in [0.15, 0.2) is 0 Å². The van der Waals surface area contributed by atoms with E-state index in [1.165, 1.54) is 0 Å². The Morgan fingerprint density at radius 2 is 2.23 bits per heavy atom. The van der Waals surface area contributed by atoms with Gasteiger partial charge in [0.05, 0.1) is 0 Å². The van der Waals surface area contributed by atoms with E-state index in [4.69, 9.17) is 5.11 Å². The Kier molecular flexibility index (Phi) is 5.53. The number of ether oxygens (including phenoxy) is 1. The topological polar surface area (TPSA) is 98.9 Å². The fourth-order valence-electron chi connectivity index (χ4n) is 0.486. The second-order valence-electron chi connectivity index (χ2n) is 2.21. The molecule has 0 saturated heterocycles. The molecule has 1 N–H and O–H groups in total. The van der Waals surface area contributed by atoms with Crippen LogP contribution < -0.4 is 0 Å². The Hall–Kier alpha value is -1.37. The molecule has 0 heterocycles. The minimum Gasteiger partial charge on any atom is -0.463 e. The number of aliphatic hydroxyl groups excluding tert-OH is 1. The van der Waals surface area contributed by atoms with E-state index in [1.807, 2.05) is 0 Å². The summed E-state index contributed by atoms with van der Waals surface area (Å²) in [6.07, 6.45) is -0.969. The van der Waals surface area contributed by atoms with Crippen LogP contribution in [0, 0.1) is 10.1 Å². The van der Waals surface area contributed by atoms with Crippen molar-refractivity contribution in [1.82, 2.24) is 0 Å². The maximum Gasteiger partial charge on any atom is 0.305 e. The monoisotopic (exact) mass is 193 g/mol. The molecule has 13 heavy (non-hydrogen) atoms. The molecular weight excluding hydrogens is 182 g/mol. The molecule has 0 fully saturated rings. The number of esters is 1. The number of carbonyl (C=O) groups is 1. The van der Waals surface area contributed by atoms with Crippen molar-refractivity contribution in [1.29, 1.82) is 0 Å². The summed E-state index contributed by atoms with van der Waals surface area (Å²) in [6, 6.07) is 0. The first-order chi connectivity index (χ1) is 6.06. The van der Waals surface area contributed by atoms with Gasteiger partial charge in [-0.05, 0) is 0 Å². The SMILES string of the molecule is CCC(=O)OCC(O)CO[N+](=O)[O-]. The number of rotatable bonds is 6. The summed E-state index contributed by atoms with van der Waals surface area (Å²) in [6.45, 7) is 0.812. The zero-order chi connectivity index (χ0) is 10.3. The molecule has 0 aromatic heterocycles. The van der Waals surface area contributed by atoms with Crippen LogP contribution in [0.2, 0.25) is 0 Å². The largest absolute Gasteiger partial charge is 0.463 e. The smallest absolute Gasteiger partial charge is 0.305 e. The highest BCUT2D eigenvalue weighted by Crippen LogP contribution is 1.90. The van der Waals surface area contributed by atoms with E-state index in [1.54, 1.807) is 6.92 Å². The van der Waals surface area contributed by atoms with E-state index in [0.29, 0.717) is 0 Å². The van der Waals surface area contributed by atoms with Crippen LogP contribution in [0.25, 0.3) is 0 Å². The van der Waals surface area contributed by atoms with Gasteiger partial charge in [-0.2, -0.15) is 0 Å². The van der Waals surface area contributed by atoms with E-state index in [0.717, 1.165) is 0 Å². The molecule has 0 amide bonds. The minimum absolute atomic E-state index is 0.197. The molecule has 0 aromatic rings. The molecule has 0 spiro atoms. The van der Waals surface area contributed by atoms with Crippen molar-refractivity contribution in [3.8, 4) is 0 Å². The molecule has 0 aromatic carbocycles. The van der Waals surface area contributed by atoms with Crippen LogP contribution in [0.4, 0.5) is 0 Å². The Morgan fingerprint density at radius 3 is 2.69 bits per heavy atom. The third-order valence-electron chi connectivity index (χ3n) is 1.10. The van der Waals surface area contributed by atoms with E-state index in [-0.39, 0.29) is 13.0 Å². The third-order valence-corrected chi connectivity index (χ3v) is 1.10. The molecule has 7 heteroatoms. The fourth-order valence-corrected chi connectivity index (χ4v) is 0.486. The summed E-state index contributed by atoms with van der Waals surface area (Å²) in [5, 5.41) is 17.6. The lowest BCUT2D eigenvalue weighted by atomic mass is 10.4. The lowest BCUT2D eigenvalue weighted by Crippen LogP contribution is -2.24. The lowest BCUT2D eigenvalue weighted by Gasteiger charge is -2.08. The molecule has 0 radical (unpaired) electrons. The average molecular weight is 193 g/mol. The van der Waals surface area contributed by atoms with E-state index in [2.05, 4.69) is 9.57 Å². The number of carbonyl (C=O) groups excluding carboxylic acids is 1. The van der Waals surface area contributed by atoms with Crippen LogP contribution in [-0.2, 0) is 14.4 Å². The Morgan fingerprint density at radius 1 is 1.62 bits per heavy atom. The lowest BCUT2D eigenvalue weighted by molar-refractivity contribution is -0.759. The highest BCUT2D eigenvalue weighted by molar-refractivity contribution is 5.68. The molecule has 0 aliphatic carbocycles. The Labute approximate surface area is 74.4 Å². The van der Waals surface area contributed by atoms with Gasteiger partial charge in [0.1, 0.15) is 19.3 Å². The highest BCUT2D eigenvalue weighted by atomic mass is 17.0. The summed E-state index contributed by atoms with van der Waals surface area (Å²) >= 11 is 0. The molecule has 1 atom stereocenters. The van der Waals surface area contributed by atoms with Crippen molar-refractivity contribution in [3.63, 3.8) is 0 Å². The van der Waals surface area contributed by atoms with Gasteiger partial charge in [-0.3, -0.25) is 4.79 Å². The van der Waals surface area contributed by atoms with Gasteiger partial charge >= 0.3 is 5.97 Å². The number of nitrogens with zero attached hydrogens (tertiary/aromatic N) is 1. The predicted molar refractivity (Wildman–Crippen MR) is 40.2 cm³/mol. The second-order valence-corrected chi connectivity index (χ2v) is 2.21. The van der Waals surface area contributed by atoms with Crippen molar-refractivity contribution >= 4 is 5.97 Å². The van der Waals surface area contributed by atoms with Gasteiger partial charge in [-0.1, -0.05) is 6.92 Å². The summed E-state index contributed by atoms with van der Waals surface area (Å²) in [7, 11) is 0. The molecule has 0 aliphatic heterocycles. The highest BCUT2D eigenvalue weighted by Gasteiger charge is 2.09. The number of hydrogen-bond donors (Lipinski definition) is 1. The molecular formula is C6H11NO6. The van der Waals surface area contributed by atoms with Gasteiger partial charge in [-0.25, -0.2) is 0 Å². The predicted octanol–water partition coefficient (Wildman–Crippen LogP) is -0.491. The Balaban J connectivity index is 3.45. The first kappa shape index (κ1) is 11.6. The van der Waals surface area contributed by atoms with Crippen LogP contribution in [0.3, 0.4) is 0 Å². The van der Waals surface area contributed by atoms with Crippen LogP contribution >= 0.6 is 0 Å². The van der Waals surface area contributed by atoms with Gasteiger partial charge < -0.3 is 14.7 Å². The van der Waals surface area contributed by atoms with Gasteiger partial charge in [0.2, 0.25) is 0 Å². The van der Waals surface area contributed by atoms with E-state index >= 15 is 0 Å². The van der Waals surface area contributed by atoms with Gasteiger partial charge in [-0.15, -0.1) is 10.1 Å². The van der Waals surface area contributed by atoms with Crippen LogP contribution in [0.5, 0.6) is 0 Å². The van der Waals surface area contributed by atoms with Crippen molar-refractivity contribution < 1.29 is 24.6 Å². The first-order valence-corrected chi connectivity index (χ1v) is 3.67. The van der Waals surface area contributed by atoms with Crippen molar-refractivity contribution in [3.05, 3.63) is 10.1 Å². The molecule has 0 aliphatic rings. The average Bonchev–Trinajstić information content (AvgIpc) is 2.10. The normalized spacial score (nSPS) is 11.8. The van der Waals surface area contributed by atoms with Crippen molar-refractivity contribution in [2.75, 3.05) is 13.2 Å². The Bertz CT molecular complexity index is 182. The molecule has 0 bridgehead atoms. The maximum atomic E-state index is 10.5. The second kappa shape index (κ2) is 6.18. The fraction of sp³-hybridized carbons (Fsp3) is 0.833. The van der Waals surface area contributed by atoms with E-state index < -0.39 is 23.8 Å². The zero-order valence-electron chi connectivity index (χ0n) is 7.13. The number of aliphatic hydroxyl groups is 1. The summed E-state index contributed by atoms with van der Waals surface area (Å²) in [5.41, 5.74) is 0. The molecule has 0 rings (SSSR count). The van der Waals surface area contributed by atoms with Gasteiger partial charge in [0, 0.05) is 6.42 Å². The summed E-state index contributed by atoms with van der Waals surface area (Å²) < 4.78 is 4.49. The van der Waals surface area contributed by atoms with Crippen molar-refractivity contribution in [2.24, 2.45) is 0 Å². The summed E-state index contributed by atoms with van der Waals surface area (Å²) in [4.78, 5) is 24.1. The third kappa shape index (κ3) is 7.01. The van der Waals surface area contributed by atoms with Crippen molar-refractivity contribution in [2.45, 2.75) is 19.4 Å². The standard InChI is InChI=1S/C6H11NO6/c1-2-6(9)12-3-5(8)4-13-7(10)11/h5,8H,2-4H2,1H3. The minimum atomic E-state index is -1.17. The first-order valence-electron chi connectivity index (χ1n) is 3.67. The zero-order valence-corrected chi connectivity index (χ0v) is 7.13. The van der Waals surface area contributed by atoms with Crippen LogP contribution in [-0.4, -0.2) is 35.5 Å². The number of hydrogen-bond acceptors (Lipinski definition) is 6. The van der Waals surface area contributed by atoms with Gasteiger partial charge in [0.15, 0.2) is 0 Å². The van der Waals surface area contributed by atoms with Gasteiger partial charge in [0.25, 0.3) is 5.09 Å².